The van der Waals surface area contributed by atoms with Crippen molar-refractivity contribution in [2.24, 2.45) is 0 Å². The predicted molar refractivity (Wildman–Crippen MR) is 121 cm³/mol. The van der Waals surface area contributed by atoms with Crippen LogP contribution in [0.5, 0.6) is 5.75 Å². The Labute approximate surface area is 187 Å². The number of fused-ring (bicyclic) bond motifs is 1. The number of urea groups is 1. The van der Waals surface area contributed by atoms with Gasteiger partial charge in [0.15, 0.2) is 0 Å². The number of rotatable bonds is 5. The largest absolute Gasteiger partial charge is 0.487 e. The molecule has 2 heterocycles. The normalized spacial score (nSPS) is 10.7. The first-order chi connectivity index (χ1) is 15.4. The molecule has 0 aliphatic carbocycles. The molecule has 2 aromatic heterocycles. The van der Waals surface area contributed by atoms with E-state index in [0.29, 0.717) is 28.5 Å². The Morgan fingerprint density at radius 3 is 2.66 bits per heavy atom. The van der Waals surface area contributed by atoms with Crippen molar-refractivity contribution in [2.45, 2.75) is 13.5 Å². The minimum absolute atomic E-state index is 0.0867. The van der Waals surface area contributed by atoms with E-state index in [1.165, 1.54) is 28.7 Å². The molecule has 0 unspecified atom stereocenters. The van der Waals surface area contributed by atoms with E-state index in [-0.39, 0.29) is 17.2 Å². The van der Waals surface area contributed by atoms with Gasteiger partial charge in [0.2, 0.25) is 0 Å². The number of nitrogens with zero attached hydrogens (tertiary/aromatic N) is 2. The highest BCUT2D eigenvalue weighted by Crippen LogP contribution is 2.21. The molecule has 32 heavy (non-hydrogen) atoms. The van der Waals surface area contributed by atoms with Gasteiger partial charge in [-0.05, 0) is 55.0 Å². The van der Waals surface area contributed by atoms with Gasteiger partial charge in [0, 0.05) is 29.7 Å². The number of benzene rings is 2. The molecular formula is C23H18ClFN4O3. The Kier molecular flexibility index (Phi) is 6.04. The maximum Gasteiger partial charge on any atom is 0.323 e. The molecule has 0 aliphatic rings. The quantitative estimate of drug-likeness (QED) is 0.445. The Morgan fingerprint density at radius 1 is 1.09 bits per heavy atom. The van der Waals surface area contributed by atoms with Gasteiger partial charge in [0.25, 0.3) is 5.56 Å². The van der Waals surface area contributed by atoms with Gasteiger partial charge in [-0.1, -0.05) is 17.7 Å². The monoisotopic (exact) mass is 452 g/mol. The third-order valence-corrected chi connectivity index (χ3v) is 4.82. The van der Waals surface area contributed by atoms with Gasteiger partial charge < -0.3 is 15.4 Å². The molecule has 2 amide bonds. The van der Waals surface area contributed by atoms with Gasteiger partial charge >= 0.3 is 6.03 Å². The number of aromatic nitrogens is 2. The lowest BCUT2D eigenvalue weighted by atomic mass is 10.3. The smallest absolute Gasteiger partial charge is 0.323 e. The molecule has 4 rings (SSSR count). The molecule has 0 saturated carbocycles. The highest BCUT2D eigenvalue weighted by molar-refractivity contribution is 6.31. The summed E-state index contributed by atoms with van der Waals surface area (Å²) < 4.78 is 20.5. The molecule has 0 bridgehead atoms. The highest BCUT2D eigenvalue weighted by Gasteiger charge is 2.08. The van der Waals surface area contributed by atoms with E-state index in [0.717, 1.165) is 5.56 Å². The molecule has 0 fully saturated rings. The number of carbonyl (C=O) groups is 1. The van der Waals surface area contributed by atoms with Crippen molar-refractivity contribution < 1.29 is 13.9 Å². The summed E-state index contributed by atoms with van der Waals surface area (Å²) in [5.74, 6) is -0.0833. The number of anilines is 2. The summed E-state index contributed by atoms with van der Waals surface area (Å²) in [5, 5.41) is 5.15. The van der Waals surface area contributed by atoms with Crippen LogP contribution < -0.4 is 20.9 Å². The predicted octanol–water partition coefficient (Wildman–Crippen LogP) is 5.02. The maximum atomic E-state index is 13.2. The zero-order chi connectivity index (χ0) is 22.7. The lowest BCUT2D eigenvalue weighted by Gasteiger charge is -2.11. The zero-order valence-corrected chi connectivity index (χ0v) is 17.7. The summed E-state index contributed by atoms with van der Waals surface area (Å²) in [6.07, 6.45) is 1.69. The second-order valence-electron chi connectivity index (χ2n) is 7.04. The first-order valence-corrected chi connectivity index (χ1v) is 10.00. The summed E-state index contributed by atoms with van der Waals surface area (Å²) in [7, 11) is 0. The Hall–Kier alpha value is -3.91. The first kappa shape index (κ1) is 21.3. The number of hydrogen-bond donors (Lipinski definition) is 2. The van der Waals surface area contributed by atoms with Crippen LogP contribution >= 0.6 is 11.6 Å². The van der Waals surface area contributed by atoms with E-state index >= 15 is 0 Å². The second-order valence-corrected chi connectivity index (χ2v) is 7.45. The molecule has 9 heteroatoms. The molecule has 4 aromatic rings. The van der Waals surface area contributed by atoms with Gasteiger partial charge in [-0.25, -0.2) is 14.2 Å². The van der Waals surface area contributed by atoms with Crippen molar-refractivity contribution in [3.8, 4) is 5.75 Å². The maximum absolute atomic E-state index is 13.2. The SMILES string of the molecule is Cc1ccn2c(=O)cc(COc3cccc(NC(=O)Nc4ccc(F)c(Cl)c4)c3)nc2c1. The number of pyridine rings is 1. The number of halogens is 2. The van der Waals surface area contributed by atoms with Gasteiger partial charge in [0.05, 0.1) is 10.7 Å². The van der Waals surface area contributed by atoms with Crippen LogP contribution in [0.2, 0.25) is 5.02 Å². The molecule has 2 aromatic carbocycles. The molecule has 2 N–H and O–H groups in total. The topological polar surface area (TPSA) is 84.7 Å². The standard InChI is InChI=1S/C23H18ClFN4O3/c1-14-7-8-29-21(9-14)26-17(12-22(29)30)13-32-18-4-2-3-15(10-18)27-23(31)28-16-5-6-20(25)19(24)11-16/h2-12H,13H2,1H3,(H2,27,28,31). The molecule has 162 valence electrons. The lowest BCUT2D eigenvalue weighted by Crippen LogP contribution is -2.19. The van der Waals surface area contributed by atoms with Crippen LogP contribution in [-0.2, 0) is 6.61 Å². The fourth-order valence-corrected chi connectivity index (χ4v) is 3.20. The molecule has 0 spiro atoms. The Balaban J connectivity index is 1.42. The van der Waals surface area contributed by atoms with E-state index in [9.17, 15) is 14.0 Å². The number of nitrogens with one attached hydrogen (secondary N) is 2. The van der Waals surface area contributed by atoms with Gasteiger partial charge in [-0.3, -0.25) is 9.20 Å². The van der Waals surface area contributed by atoms with E-state index in [4.69, 9.17) is 16.3 Å². The van der Waals surface area contributed by atoms with Crippen LogP contribution in [0.15, 0.2) is 71.7 Å². The summed E-state index contributed by atoms with van der Waals surface area (Å²) >= 11 is 5.72. The third-order valence-electron chi connectivity index (χ3n) is 4.53. The molecule has 7 nitrogen and oxygen atoms in total. The summed E-state index contributed by atoms with van der Waals surface area (Å²) in [4.78, 5) is 28.9. The van der Waals surface area contributed by atoms with Crippen molar-refractivity contribution in [3.63, 3.8) is 0 Å². The molecule has 0 saturated heterocycles. The van der Waals surface area contributed by atoms with Gasteiger partial charge in [0.1, 0.15) is 23.8 Å². The summed E-state index contributed by atoms with van der Waals surface area (Å²) in [5.41, 5.74) is 2.67. The third kappa shape index (κ3) is 5.04. The van der Waals surface area contributed by atoms with Crippen molar-refractivity contribution >= 4 is 34.7 Å². The van der Waals surface area contributed by atoms with E-state index in [2.05, 4.69) is 15.6 Å². The average Bonchev–Trinajstić information content (AvgIpc) is 2.75. The molecule has 0 atom stereocenters. The minimum Gasteiger partial charge on any atom is -0.487 e. The first-order valence-electron chi connectivity index (χ1n) is 9.62. The minimum atomic E-state index is -0.568. The second kappa shape index (κ2) is 9.07. The zero-order valence-electron chi connectivity index (χ0n) is 16.9. The van der Waals surface area contributed by atoms with Crippen LogP contribution in [0.25, 0.3) is 5.65 Å². The summed E-state index contributed by atoms with van der Waals surface area (Å²) in [6, 6.07) is 15.2. The number of aryl methyl sites for hydroxylation is 1. The average molecular weight is 453 g/mol. The van der Waals surface area contributed by atoms with Crippen LogP contribution in [0.4, 0.5) is 20.6 Å². The molecule has 0 radical (unpaired) electrons. The van der Waals surface area contributed by atoms with Gasteiger partial charge in [-0.2, -0.15) is 0 Å². The fourth-order valence-electron chi connectivity index (χ4n) is 3.02. The fraction of sp³-hybridized carbons (Fsp3) is 0.0870. The van der Waals surface area contributed by atoms with Crippen molar-refractivity contribution in [3.05, 3.63) is 99.3 Å². The van der Waals surface area contributed by atoms with Crippen LogP contribution in [-0.4, -0.2) is 15.4 Å². The molecule has 0 aliphatic heterocycles. The number of ether oxygens (including phenoxy) is 1. The number of carbonyl (C=O) groups excluding carboxylic acids is 1. The van der Waals surface area contributed by atoms with E-state index in [1.807, 2.05) is 19.1 Å². The highest BCUT2D eigenvalue weighted by atomic mass is 35.5. The lowest BCUT2D eigenvalue weighted by molar-refractivity contribution is 0.262. The van der Waals surface area contributed by atoms with E-state index in [1.54, 1.807) is 30.5 Å². The number of amides is 2. The van der Waals surface area contributed by atoms with Gasteiger partial charge in [-0.15, -0.1) is 0 Å². The van der Waals surface area contributed by atoms with Crippen LogP contribution in [0.1, 0.15) is 11.3 Å². The van der Waals surface area contributed by atoms with E-state index < -0.39 is 11.8 Å². The van der Waals surface area contributed by atoms with Crippen molar-refractivity contribution in [2.75, 3.05) is 10.6 Å². The summed E-state index contributed by atoms with van der Waals surface area (Å²) in [6.45, 7) is 2.01. The Bertz CT molecular complexity index is 1370. The van der Waals surface area contributed by atoms with Crippen molar-refractivity contribution in [1.29, 1.82) is 0 Å². The Morgan fingerprint density at radius 2 is 1.88 bits per heavy atom. The van der Waals surface area contributed by atoms with Crippen molar-refractivity contribution in [1.82, 2.24) is 9.38 Å². The van der Waals surface area contributed by atoms with Crippen LogP contribution in [0.3, 0.4) is 0 Å². The number of hydrogen-bond acceptors (Lipinski definition) is 4. The van der Waals surface area contributed by atoms with Crippen LogP contribution in [0, 0.1) is 12.7 Å². The molecular weight excluding hydrogens is 435 g/mol.